The first kappa shape index (κ1) is 10.6. The highest BCUT2D eigenvalue weighted by atomic mass is 127. The monoisotopic (exact) mass is 316 g/mol. The first-order valence-electron chi connectivity index (χ1n) is 3.34. The molecule has 12 heavy (non-hydrogen) atoms. The number of hydrogen-bond acceptors (Lipinski definition) is 1. The topological polar surface area (TPSA) is 20.2 Å². The Morgan fingerprint density at radius 1 is 1.33 bits per heavy atom. The van der Waals surface area contributed by atoms with Crippen molar-refractivity contribution in [2.45, 2.75) is 6.10 Å². The number of aliphatic hydroxyl groups excluding tert-OH is 1. The minimum Gasteiger partial charge on any atom is -0.388 e. The molecule has 4 heteroatoms. The maximum absolute atomic E-state index is 9.44. The van der Waals surface area contributed by atoms with Gasteiger partial charge in [-0.25, -0.2) is 0 Å². The molecule has 1 nitrogen and oxygen atoms in total. The molecule has 1 aromatic carbocycles. The van der Waals surface area contributed by atoms with Crippen LogP contribution in [-0.2, 0) is 0 Å². The summed E-state index contributed by atoms with van der Waals surface area (Å²) in [6.45, 7) is 0. The van der Waals surface area contributed by atoms with E-state index < -0.39 is 6.10 Å². The molecule has 0 fully saturated rings. The SMILES string of the molecule is OC(CI)c1ccc(Cl)c(Cl)c1. The van der Waals surface area contributed by atoms with Crippen LogP contribution in [-0.4, -0.2) is 9.53 Å². The lowest BCUT2D eigenvalue weighted by Crippen LogP contribution is -1.97. The minimum atomic E-state index is -0.458. The molecule has 1 N–H and O–H groups in total. The van der Waals surface area contributed by atoms with Crippen LogP contribution in [0, 0.1) is 0 Å². The zero-order chi connectivity index (χ0) is 9.14. The largest absolute Gasteiger partial charge is 0.388 e. The first-order chi connectivity index (χ1) is 5.65. The van der Waals surface area contributed by atoms with Gasteiger partial charge in [0.2, 0.25) is 0 Å². The number of hydrogen-bond donors (Lipinski definition) is 1. The van der Waals surface area contributed by atoms with Crippen molar-refractivity contribution < 1.29 is 5.11 Å². The highest BCUT2D eigenvalue weighted by Crippen LogP contribution is 2.26. The van der Waals surface area contributed by atoms with E-state index in [9.17, 15) is 5.11 Å². The number of halogens is 3. The van der Waals surface area contributed by atoms with Crippen molar-refractivity contribution in [1.82, 2.24) is 0 Å². The number of rotatable bonds is 2. The van der Waals surface area contributed by atoms with Crippen LogP contribution in [0.2, 0.25) is 10.0 Å². The maximum Gasteiger partial charge on any atom is 0.0879 e. The van der Waals surface area contributed by atoms with Crippen LogP contribution in [0.4, 0.5) is 0 Å². The molecule has 0 aliphatic heterocycles. The van der Waals surface area contributed by atoms with Gasteiger partial charge in [-0.05, 0) is 17.7 Å². The standard InChI is InChI=1S/C8H7Cl2IO/c9-6-2-1-5(3-7(6)10)8(12)4-11/h1-3,8,12H,4H2. The highest BCUT2D eigenvalue weighted by Gasteiger charge is 2.06. The van der Waals surface area contributed by atoms with E-state index in [0.29, 0.717) is 14.5 Å². The van der Waals surface area contributed by atoms with Gasteiger partial charge in [-0.1, -0.05) is 51.9 Å². The third-order valence-corrected chi connectivity index (χ3v) is 3.05. The molecule has 0 bridgehead atoms. The van der Waals surface area contributed by atoms with E-state index >= 15 is 0 Å². The normalized spacial score (nSPS) is 13.0. The fourth-order valence-corrected chi connectivity index (χ4v) is 1.62. The molecule has 0 saturated heterocycles. The van der Waals surface area contributed by atoms with Gasteiger partial charge in [-0.2, -0.15) is 0 Å². The summed E-state index contributed by atoms with van der Waals surface area (Å²) in [5.41, 5.74) is 0.804. The maximum atomic E-state index is 9.44. The number of alkyl halides is 1. The van der Waals surface area contributed by atoms with Crippen molar-refractivity contribution in [1.29, 1.82) is 0 Å². The fourth-order valence-electron chi connectivity index (χ4n) is 0.809. The third kappa shape index (κ3) is 2.49. The zero-order valence-electron chi connectivity index (χ0n) is 6.10. The fraction of sp³-hybridized carbons (Fsp3) is 0.250. The quantitative estimate of drug-likeness (QED) is 0.654. The Balaban J connectivity index is 2.96. The Labute approximate surface area is 94.8 Å². The molecule has 0 saturated carbocycles. The molecule has 1 atom stereocenters. The highest BCUT2D eigenvalue weighted by molar-refractivity contribution is 14.1. The predicted molar refractivity (Wildman–Crippen MR) is 60.3 cm³/mol. The smallest absolute Gasteiger partial charge is 0.0879 e. The second-order valence-corrected chi connectivity index (χ2v) is 4.04. The molecule has 0 amide bonds. The van der Waals surface area contributed by atoms with Crippen LogP contribution in [0.25, 0.3) is 0 Å². The molecule has 0 spiro atoms. The van der Waals surface area contributed by atoms with Gasteiger partial charge < -0.3 is 5.11 Å². The molecule has 0 heterocycles. The average molecular weight is 317 g/mol. The summed E-state index contributed by atoms with van der Waals surface area (Å²) in [6, 6.07) is 5.15. The number of aliphatic hydroxyl groups is 1. The summed E-state index contributed by atoms with van der Waals surface area (Å²) in [4.78, 5) is 0. The van der Waals surface area contributed by atoms with Gasteiger partial charge in [-0.15, -0.1) is 0 Å². The van der Waals surface area contributed by atoms with Crippen molar-refractivity contribution in [3.8, 4) is 0 Å². The van der Waals surface area contributed by atoms with E-state index in [1.165, 1.54) is 0 Å². The van der Waals surface area contributed by atoms with Crippen LogP contribution in [0.5, 0.6) is 0 Å². The average Bonchev–Trinajstić information content (AvgIpc) is 2.08. The zero-order valence-corrected chi connectivity index (χ0v) is 9.77. The van der Waals surface area contributed by atoms with E-state index in [-0.39, 0.29) is 0 Å². The van der Waals surface area contributed by atoms with Gasteiger partial charge in [-0.3, -0.25) is 0 Å². The van der Waals surface area contributed by atoms with Crippen LogP contribution < -0.4 is 0 Å². The number of benzene rings is 1. The Kier molecular flexibility index (Phi) is 4.10. The van der Waals surface area contributed by atoms with E-state index in [1.807, 2.05) is 0 Å². The molecular weight excluding hydrogens is 310 g/mol. The predicted octanol–water partition coefficient (Wildman–Crippen LogP) is 3.46. The molecule has 0 aromatic heterocycles. The van der Waals surface area contributed by atoms with E-state index in [2.05, 4.69) is 22.6 Å². The van der Waals surface area contributed by atoms with Gasteiger partial charge in [0.15, 0.2) is 0 Å². The van der Waals surface area contributed by atoms with Gasteiger partial charge in [0.25, 0.3) is 0 Å². The van der Waals surface area contributed by atoms with Crippen molar-refractivity contribution >= 4 is 45.8 Å². The summed E-state index contributed by atoms with van der Waals surface area (Å²) >= 11 is 13.6. The summed E-state index contributed by atoms with van der Waals surface area (Å²) in [5.74, 6) is 0. The second-order valence-electron chi connectivity index (χ2n) is 2.34. The first-order valence-corrected chi connectivity index (χ1v) is 5.62. The summed E-state index contributed by atoms with van der Waals surface area (Å²) in [5, 5.41) is 10.4. The summed E-state index contributed by atoms with van der Waals surface area (Å²) < 4.78 is 0.649. The van der Waals surface area contributed by atoms with E-state index in [0.717, 1.165) is 5.56 Å². The molecule has 1 rings (SSSR count). The molecule has 1 unspecified atom stereocenters. The van der Waals surface area contributed by atoms with Crippen molar-refractivity contribution in [3.05, 3.63) is 33.8 Å². The van der Waals surface area contributed by atoms with Crippen LogP contribution in [0.3, 0.4) is 0 Å². The van der Waals surface area contributed by atoms with Gasteiger partial charge in [0.1, 0.15) is 0 Å². The second kappa shape index (κ2) is 4.65. The Bertz CT molecular complexity index is 278. The van der Waals surface area contributed by atoms with Gasteiger partial charge >= 0.3 is 0 Å². The third-order valence-electron chi connectivity index (χ3n) is 1.47. The molecule has 1 aromatic rings. The van der Waals surface area contributed by atoms with Gasteiger partial charge in [0.05, 0.1) is 16.1 Å². The van der Waals surface area contributed by atoms with Gasteiger partial charge in [0, 0.05) is 4.43 Å². The molecular formula is C8H7Cl2IO. The van der Waals surface area contributed by atoms with Crippen LogP contribution in [0.15, 0.2) is 18.2 Å². The van der Waals surface area contributed by atoms with Crippen LogP contribution in [0.1, 0.15) is 11.7 Å². The molecule has 0 aliphatic carbocycles. The molecule has 66 valence electrons. The molecule has 0 radical (unpaired) electrons. The van der Waals surface area contributed by atoms with Crippen molar-refractivity contribution in [2.75, 3.05) is 4.43 Å². The Hall–Kier alpha value is 0.490. The summed E-state index contributed by atoms with van der Waals surface area (Å²) in [7, 11) is 0. The van der Waals surface area contributed by atoms with Crippen molar-refractivity contribution in [2.24, 2.45) is 0 Å². The Morgan fingerprint density at radius 2 is 2.00 bits per heavy atom. The lowest BCUT2D eigenvalue weighted by Gasteiger charge is -2.07. The lowest BCUT2D eigenvalue weighted by atomic mass is 10.1. The lowest BCUT2D eigenvalue weighted by molar-refractivity contribution is 0.207. The molecule has 0 aliphatic rings. The van der Waals surface area contributed by atoms with Crippen LogP contribution >= 0.6 is 45.8 Å². The van der Waals surface area contributed by atoms with E-state index in [1.54, 1.807) is 18.2 Å². The van der Waals surface area contributed by atoms with Crippen molar-refractivity contribution in [3.63, 3.8) is 0 Å². The summed E-state index contributed by atoms with van der Waals surface area (Å²) in [6.07, 6.45) is -0.458. The minimum absolute atomic E-state index is 0.458. The van der Waals surface area contributed by atoms with E-state index in [4.69, 9.17) is 23.2 Å². The Morgan fingerprint density at radius 3 is 2.50 bits per heavy atom.